The minimum atomic E-state index is -4.78. The summed E-state index contributed by atoms with van der Waals surface area (Å²) in [7, 11) is -4.78. The van der Waals surface area contributed by atoms with Crippen molar-refractivity contribution >= 4 is 45.1 Å². The van der Waals surface area contributed by atoms with Crippen molar-refractivity contribution in [2.45, 2.75) is 63.1 Å². The maximum Gasteiger partial charge on any atom is 0.413 e. The minimum Gasteiger partial charge on any atom is -0.444 e. The third kappa shape index (κ3) is 6.33. The molecule has 18 heteroatoms. The average Bonchev–Trinajstić information content (AvgIpc) is 3.63. The lowest BCUT2D eigenvalue weighted by atomic mass is 9.94. The van der Waals surface area contributed by atoms with E-state index < -0.39 is 75.3 Å². The van der Waals surface area contributed by atoms with Gasteiger partial charge in [0, 0.05) is 11.1 Å². The molecular weight excluding hydrogens is 622 g/mol. The van der Waals surface area contributed by atoms with Crippen molar-refractivity contribution in [3.8, 4) is 11.8 Å². The highest BCUT2D eigenvalue weighted by Crippen LogP contribution is 2.47. The first kappa shape index (κ1) is 31.8. The number of ether oxygens (including phenoxy) is 2. The first-order chi connectivity index (χ1) is 21.0. The first-order valence-corrected chi connectivity index (χ1v) is 14.7. The van der Waals surface area contributed by atoms with Gasteiger partial charge in [0.15, 0.2) is 17.0 Å². The Bertz CT molecular complexity index is 1860. The van der Waals surface area contributed by atoms with Crippen LogP contribution < -0.4 is 10.0 Å². The molecule has 1 saturated heterocycles. The zero-order valence-electron chi connectivity index (χ0n) is 23.9. The standard InChI is InChI=1S/C27H26F2N6O9S/c1-25(2,3)44-24(38)33-22-20-23(31-13-30-22)35(14-32-20)19-9-8-15(43-19)12-42-45(40,41)34-18(36)10-11-26(39)17-7-5-4-6-16(17)21(37)27(26,28)29/h4-7,13-15,19,39H,8-9,12H2,1-3H3,(H,34,36)(H,30,31,33,38). The van der Waals surface area contributed by atoms with E-state index in [4.69, 9.17) is 13.7 Å². The maximum atomic E-state index is 14.6. The fourth-order valence-electron chi connectivity index (χ4n) is 4.69. The molecule has 1 aromatic carbocycles. The number of benzene rings is 1. The lowest BCUT2D eigenvalue weighted by molar-refractivity contribution is -0.116. The first-order valence-electron chi connectivity index (χ1n) is 13.3. The number of hydrogen-bond acceptors (Lipinski definition) is 12. The number of anilines is 1. The van der Waals surface area contributed by atoms with Gasteiger partial charge in [-0.3, -0.25) is 23.7 Å². The summed E-state index contributed by atoms with van der Waals surface area (Å²) in [6, 6.07) is 4.73. The second-order valence-electron chi connectivity index (χ2n) is 11.0. The predicted molar refractivity (Wildman–Crippen MR) is 149 cm³/mol. The highest BCUT2D eigenvalue weighted by atomic mass is 32.2. The van der Waals surface area contributed by atoms with E-state index in [-0.39, 0.29) is 11.3 Å². The van der Waals surface area contributed by atoms with Crippen molar-refractivity contribution in [1.82, 2.24) is 24.2 Å². The average molecular weight is 649 g/mol. The summed E-state index contributed by atoms with van der Waals surface area (Å²) in [5, 5.41) is 13.1. The summed E-state index contributed by atoms with van der Waals surface area (Å²) < 4.78 is 72.8. The van der Waals surface area contributed by atoms with Crippen molar-refractivity contribution in [1.29, 1.82) is 0 Å². The number of nitrogens with one attached hydrogen (secondary N) is 2. The van der Waals surface area contributed by atoms with Crippen molar-refractivity contribution in [3.05, 3.63) is 48.0 Å². The molecule has 3 aromatic rings. The normalized spacial score (nSPS) is 22.4. The Labute approximate surface area is 254 Å². The van der Waals surface area contributed by atoms with E-state index in [1.807, 2.05) is 0 Å². The molecule has 238 valence electrons. The topological polar surface area (TPSA) is 201 Å². The number of Topliss-reactive ketones (excluding diaryl/α,β-unsaturated/α-hetero) is 1. The number of imidazole rings is 1. The van der Waals surface area contributed by atoms with Crippen LogP contribution >= 0.6 is 0 Å². The van der Waals surface area contributed by atoms with Crippen LogP contribution in [0.3, 0.4) is 0 Å². The monoisotopic (exact) mass is 648 g/mol. The number of carbonyl (C=O) groups is 3. The summed E-state index contributed by atoms with van der Waals surface area (Å²) in [5.41, 5.74) is -4.49. The van der Waals surface area contributed by atoms with E-state index >= 15 is 0 Å². The molecule has 15 nitrogen and oxygen atoms in total. The number of alkyl halides is 2. The van der Waals surface area contributed by atoms with Gasteiger partial charge < -0.3 is 14.6 Å². The Morgan fingerprint density at radius 3 is 2.67 bits per heavy atom. The molecule has 1 fully saturated rings. The number of ketones is 1. The predicted octanol–water partition coefficient (Wildman–Crippen LogP) is 1.95. The molecule has 5 rings (SSSR count). The zero-order chi connectivity index (χ0) is 32.8. The molecule has 0 spiro atoms. The number of fused-ring (bicyclic) bond motifs is 2. The smallest absolute Gasteiger partial charge is 0.413 e. The van der Waals surface area contributed by atoms with E-state index in [1.54, 1.807) is 37.2 Å². The highest BCUT2D eigenvalue weighted by Gasteiger charge is 2.65. The van der Waals surface area contributed by atoms with Gasteiger partial charge in [-0.2, -0.15) is 17.2 Å². The molecular formula is C27H26F2N6O9S. The number of hydrogen-bond donors (Lipinski definition) is 3. The van der Waals surface area contributed by atoms with E-state index in [1.165, 1.54) is 29.5 Å². The second kappa shape index (κ2) is 11.4. The van der Waals surface area contributed by atoms with Crippen LogP contribution in [0.25, 0.3) is 11.2 Å². The molecule has 0 radical (unpaired) electrons. The molecule has 2 aliphatic rings. The lowest BCUT2D eigenvalue weighted by Crippen LogP contribution is -2.44. The van der Waals surface area contributed by atoms with E-state index in [2.05, 4.69) is 20.3 Å². The van der Waals surface area contributed by atoms with Crippen LogP contribution in [0.5, 0.6) is 0 Å². The van der Waals surface area contributed by atoms with E-state index in [0.29, 0.717) is 18.5 Å². The number of aromatic nitrogens is 4. The number of nitrogens with zero attached hydrogens (tertiary/aromatic N) is 4. The van der Waals surface area contributed by atoms with Crippen LogP contribution in [0.1, 0.15) is 55.8 Å². The van der Waals surface area contributed by atoms with Gasteiger partial charge in [0.1, 0.15) is 18.2 Å². The largest absolute Gasteiger partial charge is 0.444 e. The fraction of sp³-hybridized carbons (Fsp3) is 0.407. The fourth-order valence-corrected chi connectivity index (χ4v) is 5.36. The zero-order valence-corrected chi connectivity index (χ0v) is 24.7. The number of rotatable bonds is 6. The van der Waals surface area contributed by atoms with Crippen LogP contribution in [0.4, 0.5) is 19.4 Å². The molecule has 3 N–H and O–H groups in total. The van der Waals surface area contributed by atoms with E-state index in [9.17, 15) is 36.7 Å². The number of aliphatic hydroxyl groups is 1. The number of carbonyl (C=O) groups excluding carboxylic acids is 3. The number of halogens is 2. The molecule has 3 heterocycles. The van der Waals surface area contributed by atoms with Crippen molar-refractivity contribution in [2.75, 3.05) is 11.9 Å². The lowest BCUT2D eigenvalue weighted by Gasteiger charge is -2.23. The van der Waals surface area contributed by atoms with Gasteiger partial charge in [0.2, 0.25) is 11.4 Å². The Morgan fingerprint density at radius 2 is 1.93 bits per heavy atom. The molecule has 45 heavy (non-hydrogen) atoms. The van der Waals surface area contributed by atoms with E-state index in [0.717, 1.165) is 12.1 Å². The second-order valence-corrected chi connectivity index (χ2v) is 12.4. The SMILES string of the molecule is CC(C)(C)OC(=O)Nc1ncnc2c1ncn2C1CCC(COS(=O)(=O)NC(=O)C#CC2(O)c3ccccc3C(=O)C2(F)F)O1. The highest BCUT2D eigenvalue weighted by molar-refractivity contribution is 7.85. The van der Waals surface area contributed by atoms with Gasteiger partial charge in [-0.15, -0.1) is 0 Å². The van der Waals surface area contributed by atoms with Gasteiger partial charge in [0.05, 0.1) is 19.0 Å². The van der Waals surface area contributed by atoms with Crippen molar-refractivity contribution < 1.29 is 50.3 Å². The number of amides is 2. The van der Waals surface area contributed by atoms with Crippen LogP contribution in [0, 0.1) is 11.8 Å². The molecule has 1 aliphatic heterocycles. The summed E-state index contributed by atoms with van der Waals surface area (Å²) in [5.74, 6) is -4.29. The van der Waals surface area contributed by atoms with Crippen molar-refractivity contribution in [2.24, 2.45) is 0 Å². The molecule has 3 unspecified atom stereocenters. The Balaban J connectivity index is 1.19. The van der Waals surface area contributed by atoms with Crippen molar-refractivity contribution in [3.63, 3.8) is 0 Å². The molecule has 0 saturated carbocycles. The van der Waals surface area contributed by atoms with Crippen LogP contribution in [-0.4, -0.2) is 75.1 Å². The Morgan fingerprint density at radius 1 is 1.20 bits per heavy atom. The van der Waals surface area contributed by atoms with Gasteiger partial charge in [-0.1, -0.05) is 24.3 Å². The Kier molecular flexibility index (Phi) is 8.08. The van der Waals surface area contributed by atoms with Gasteiger partial charge in [-0.05, 0) is 45.5 Å². The maximum absolute atomic E-state index is 14.6. The van der Waals surface area contributed by atoms with Crippen LogP contribution in [-0.2, 0) is 34.4 Å². The quantitative estimate of drug-likeness (QED) is 0.329. The van der Waals surface area contributed by atoms with Gasteiger partial charge in [0.25, 0.3) is 0 Å². The minimum absolute atomic E-state index is 0.107. The third-order valence-electron chi connectivity index (χ3n) is 6.66. The molecule has 3 atom stereocenters. The third-order valence-corrected chi connectivity index (χ3v) is 7.54. The molecule has 0 bridgehead atoms. The van der Waals surface area contributed by atoms with Gasteiger partial charge >= 0.3 is 28.2 Å². The van der Waals surface area contributed by atoms with Crippen LogP contribution in [0.2, 0.25) is 0 Å². The molecule has 2 aromatic heterocycles. The summed E-state index contributed by atoms with van der Waals surface area (Å²) in [6.45, 7) is 4.59. The molecule has 1 aliphatic carbocycles. The summed E-state index contributed by atoms with van der Waals surface area (Å²) in [6.07, 6.45) is 1.21. The Hall–Kier alpha value is -4.57. The summed E-state index contributed by atoms with van der Waals surface area (Å²) in [4.78, 5) is 48.9. The molecule has 2 amide bonds. The van der Waals surface area contributed by atoms with Crippen LogP contribution in [0.15, 0.2) is 36.9 Å². The summed E-state index contributed by atoms with van der Waals surface area (Å²) >= 11 is 0. The van der Waals surface area contributed by atoms with Gasteiger partial charge in [-0.25, -0.2) is 24.5 Å².